The molecule has 0 saturated carbocycles. The molecule has 0 fully saturated rings. The molecule has 2 heteroatoms. The topological polar surface area (TPSA) is 23.5 Å². The van der Waals surface area contributed by atoms with Gasteiger partial charge in [0.2, 0.25) is 0 Å². The van der Waals surface area contributed by atoms with E-state index in [1.54, 1.807) is 13.8 Å². The molecule has 19 heavy (non-hydrogen) atoms. The van der Waals surface area contributed by atoms with Crippen LogP contribution in [0.3, 0.4) is 0 Å². The zero-order valence-electron chi connectivity index (χ0n) is 12.3. The Morgan fingerprint density at radius 3 is 2.00 bits per heavy atom. The molecule has 0 spiro atoms. The fourth-order valence-electron chi connectivity index (χ4n) is 2.10. The molecule has 1 rings (SSSR count). The Balaban J connectivity index is 2.89. The van der Waals surface area contributed by atoms with Crippen LogP contribution in [-0.2, 0) is 5.60 Å². The normalized spacial score (nSPS) is 13.3. The first kappa shape index (κ1) is 15.7. The highest BCUT2D eigenvalue weighted by atomic mass is 16.3. The standard InChI is InChI=1S/C17H25NO/c1-6-12-18(13-7-2)14(3)15-8-10-16(11-9-15)17(4,5)19/h6-11,14,19H,1-2,12-13H2,3-5H3/t14-/m1/s1. The molecule has 0 unspecified atom stereocenters. The molecule has 0 heterocycles. The molecule has 104 valence electrons. The lowest BCUT2D eigenvalue weighted by Crippen LogP contribution is -2.27. The highest BCUT2D eigenvalue weighted by Gasteiger charge is 2.17. The van der Waals surface area contributed by atoms with Crippen LogP contribution in [0.2, 0.25) is 0 Å². The molecular weight excluding hydrogens is 234 g/mol. The second-order valence-corrected chi connectivity index (χ2v) is 5.39. The van der Waals surface area contributed by atoms with Gasteiger partial charge in [-0.15, -0.1) is 13.2 Å². The van der Waals surface area contributed by atoms with Crippen molar-refractivity contribution in [2.75, 3.05) is 13.1 Å². The van der Waals surface area contributed by atoms with Gasteiger partial charge < -0.3 is 5.11 Å². The Morgan fingerprint density at radius 2 is 1.63 bits per heavy atom. The van der Waals surface area contributed by atoms with Gasteiger partial charge in [-0.3, -0.25) is 4.90 Å². The van der Waals surface area contributed by atoms with Gasteiger partial charge in [-0.1, -0.05) is 36.4 Å². The first-order chi connectivity index (χ1) is 8.90. The molecule has 0 bridgehead atoms. The summed E-state index contributed by atoms with van der Waals surface area (Å²) >= 11 is 0. The number of rotatable bonds is 7. The van der Waals surface area contributed by atoms with Gasteiger partial charge in [0.25, 0.3) is 0 Å². The molecule has 1 N–H and O–H groups in total. The van der Waals surface area contributed by atoms with Gasteiger partial charge in [0, 0.05) is 19.1 Å². The summed E-state index contributed by atoms with van der Waals surface area (Å²) < 4.78 is 0. The number of aliphatic hydroxyl groups is 1. The Kier molecular flexibility index (Phi) is 5.52. The molecule has 0 amide bonds. The van der Waals surface area contributed by atoms with E-state index in [1.807, 2.05) is 24.3 Å². The van der Waals surface area contributed by atoms with E-state index in [0.29, 0.717) is 6.04 Å². The molecule has 0 radical (unpaired) electrons. The summed E-state index contributed by atoms with van der Waals surface area (Å²) in [5, 5.41) is 9.96. The monoisotopic (exact) mass is 259 g/mol. The number of hydrogen-bond acceptors (Lipinski definition) is 2. The van der Waals surface area contributed by atoms with Crippen LogP contribution in [0.1, 0.15) is 37.9 Å². The van der Waals surface area contributed by atoms with E-state index in [-0.39, 0.29) is 0 Å². The minimum atomic E-state index is -0.788. The largest absolute Gasteiger partial charge is 0.386 e. The van der Waals surface area contributed by atoms with E-state index in [4.69, 9.17) is 0 Å². The van der Waals surface area contributed by atoms with E-state index in [1.165, 1.54) is 5.56 Å². The van der Waals surface area contributed by atoms with E-state index >= 15 is 0 Å². The van der Waals surface area contributed by atoms with Crippen LogP contribution in [0.5, 0.6) is 0 Å². The Morgan fingerprint density at radius 1 is 1.16 bits per heavy atom. The Bertz CT molecular complexity index is 404. The van der Waals surface area contributed by atoms with E-state index in [0.717, 1.165) is 18.7 Å². The van der Waals surface area contributed by atoms with Crippen molar-refractivity contribution in [3.8, 4) is 0 Å². The quantitative estimate of drug-likeness (QED) is 0.756. The molecule has 0 aliphatic heterocycles. The summed E-state index contributed by atoms with van der Waals surface area (Å²) in [6.45, 7) is 15.0. The van der Waals surface area contributed by atoms with Crippen LogP contribution in [-0.4, -0.2) is 23.1 Å². The molecule has 1 aromatic carbocycles. The van der Waals surface area contributed by atoms with Gasteiger partial charge in [0.1, 0.15) is 0 Å². The lowest BCUT2D eigenvalue weighted by atomic mass is 9.95. The molecule has 0 aliphatic carbocycles. The second kappa shape index (κ2) is 6.69. The van der Waals surface area contributed by atoms with Gasteiger partial charge in [-0.05, 0) is 31.9 Å². The molecular formula is C17H25NO. The van der Waals surface area contributed by atoms with Crippen LogP contribution < -0.4 is 0 Å². The molecule has 2 nitrogen and oxygen atoms in total. The van der Waals surface area contributed by atoms with Gasteiger partial charge in [0.05, 0.1) is 5.60 Å². The molecule has 0 saturated heterocycles. The fraction of sp³-hybridized carbons (Fsp3) is 0.412. The van der Waals surface area contributed by atoms with Gasteiger partial charge >= 0.3 is 0 Å². The maximum atomic E-state index is 9.96. The predicted molar refractivity (Wildman–Crippen MR) is 82.1 cm³/mol. The minimum absolute atomic E-state index is 0.298. The lowest BCUT2D eigenvalue weighted by molar-refractivity contribution is 0.0785. The molecule has 1 aromatic rings. The molecule has 1 atom stereocenters. The zero-order valence-corrected chi connectivity index (χ0v) is 12.3. The predicted octanol–water partition coefficient (Wildman–Crippen LogP) is 3.65. The summed E-state index contributed by atoms with van der Waals surface area (Å²) in [6, 6.07) is 8.44. The first-order valence-electron chi connectivity index (χ1n) is 6.68. The van der Waals surface area contributed by atoms with Gasteiger partial charge in [-0.25, -0.2) is 0 Å². The van der Waals surface area contributed by atoms with Crippen molar-refractivity contribution in [1.29, 1.82) is 0 Å². The van der Waals surface area contributed by atoms with E-state index in [9.17, 15) is 5.11 Å². The van der Waals surface area contributed by atoms with Crippen molar-refractivity contribution in [2.45, 2.75) is 32.4 Å². The zero-order chi connectivity index (χ0) is 14.5. The van der Waals surface area contributed by atoms with E-state index < -0.39 is 5.60 Å². The second-order valence-electron chi connectivity index (χ2n) is 5.39. The van der Waals surface area contributed by atoms with Crippen molar-refractivity contribution in [3.05, 3.63) is 60.7 Å². The number of benzene rings is 1. The van der Waals surface area contributed by atoms with Crippen molar-refractivity contribution in [3.63, 3.8) is 0 Å². The van der Waals surface area contributed by atoms with Crippen molar-refractivity contribution in [2.24, 2.45) is 0 Å². The van der Waals surface area contributed by atoms with Gasteiger partial charge in [0.15, 0.2) is 0 Å². The maximum absolute atomic E-state index is 9.96. The summed E-state index contributed by atoms with van der Waals surface area (Å²) in [7, 11) is 0. The Hall–Kier alpha value is -1.38. The van der Waals surface area contributed by atoms with Crippen LogP contribution in [0.15, 0.2) is 49.6 Å². The third-order valence-electron chi connectivity index (χ3n) is 3.37. The number of nitrogens with zero attached hydrogens (tertiary/aromatic N) is 1. The van der Waals surface area contributed by atoms with Gasteiger partial charge in [-0.2, -0.15) is 0 Å². The summed E-state index contributed by atoms with van der Waals surface area (Å²) in [5.74, 6) is 0. The molecule has 0 aromatic heterocycles. The molecule has 0 aliphatic rings. The summed E-state index contributed by atoms with van der Waals surface area (Å²) in [5.41, 5.74) is 1.38. The summed E-state index contributed by atoms with van der Waals surface area (Å²) in [6.07, 6.45) is 3.82. The van der Waals surface area contributed by atoms with Crippen LogP contribution in [0, 0.1) is 0 Å². The fourth-order valence-corrected chi connectivity index (χ4v) is 2.10. The maximum Gasteiger partial charge on any atom is 0.0840 e. The van der Waals surface area contributed by atoms with E-state index in [2.05, 4.69) is 37.1 Å². The smallest absolute Gasteiger partial charge is 0.0840 e. The Labute approximate surface area is 117 Å². The van der Waals surface area contributed by atoms with Crippen LogP contribution in [0.25, 0.3) is 0 Å². The van der Waals surface area contributed by atoms with Crippen molar-refractivity contribution >= 4 is 0 Å². The highest BCUT2D eigenvalue weighted by Crippen LogP contribution is 2.24. The highest BCUT2D eigenvalue weighted by molar-refractivity contribution is 5.28. The van der Waals surface area contributed by atoms with Crippen LogP contribution >= 0.6 is 0 Å². The third-order valence-corrected chi connectivity index (χ3v) is 3.37. The van der Waals surface area contributed by atoms with Crippen LogP contribution in [0.4, 0.5) is 0 Å². The first-order valence-corrected chi connectivity index (χ1v) is 6.68. The average molecular weight is 259 g/mol. The lowest BCUT2D eigenvalue weighted by Gasteiger charge is -2.27. The number of hydrogen-bond donors (Lipinski definition) is 1. The summed E-state index contributed by atoms with van der Waals surface area (Å²) in [4.78, 5) is 2.29. The minimum Gasteiger partial charge on any atom is -0.386 e. The average Bonchev–Trinajstić information content (AvgIpc) is 2.37. The van der Waals surface area contributed by atoms with Crippen molar-refractivity contribution in [1.82, 2.24) is 4.90 Å². The third kappa shape index (κ3) is 4.34. The van der Waals surface area contributed by atoms with Crippen molar-refractivity contribution < 1.29 is 5.11 Å². The SMILES string of the molecule is C=CCN(CC=C)[C@H](C)c1ccc(C(C)(C)O)cc1.